The normalized spacial score (nSPS) is 10.7. The molecule has 0 amide bonds. The summed E-state index contributed by atoms with van der Waals surface area (Å²) in [5.74, 6) is 2.08. The predicted octanol–water partition coefficient (Wildman–Crippen LogP) is 5.43. The molecule has 0 spiro atoms. The minimum Gasteiger partial charge on any atom is -0.493 e. The first-order valence-electron chi connectivity index (χ1n) is 10.8. The van der Waals surface area contributed by atoms with Crippen molar-refractivity contribution in [2.45, 2.75) is 13.2 Å². The molecule has 0 aliphatic rings. The van der Waals surface area contributed by atoms with Crippen molar-refractivity contribution >= 4 is 17.0 Å². The number of hydrogen-bond donors (Lipinski definition) is 1. The van der Waals surface area contributed by atoms with Gasteiger partial charge in [0.05, 0.1) is 38.6 Å². The second-order valence-corrected chi connectivity index (χ2v) is 7.58. The Labute approximate surface area is 199 Å². The Morgan fingerprint density at radius 3 is 2.50 bits per heavy atom. The van der Waals surface area contributed by atoms with Gasteiger partial charge in [-0.2, -0.15) is 10.4 Å². The van der Waals surface area contributed by atoms with Crippen LogP contribution < -0.4 is 19.6 Å². The van der Waals surface area contributed by atoms with Gasteiger partial charge >= 0.3 is 0 Å². The van der Waals surface area contributed by atoms with E-state index < -0.39 is 0 Å². The molecule has 0 atom stereocenters. The number of fused-ring (bicyclic) bond motifs is 1. The minimum absolute atomic E-state index is 0.355. The Kier molecular flexibility index (Phi) is 7.26. The standard InChI is InChI=1S/C28H25N3O3/c1-32-27-12-10-21(15-28(27)33-2)17-30-31-18-25-24-9-4-3-8-23(24)11-13-26(25)34-19-22-7-5-6-20(14-22)16-29/h3-15,18,30H,17,19H2,1-2H3/b31-18-. The highest BCUT2D eigenvalue weighted by Crippen LogP contribution is 2.28. The van der Waals surface area contributed by atoms with E-state index in [1.54, 1.807) is 26.5 Å². The number of ether oxygens (including phenoxy) is 3. The van der Waals surface area contributed by atoms with Crippen molar-refractivity contribution in [3.8, 4) is 23.3 Å². The average Bonchev–Trinajstić information content (AvgIpc) is 2.90. The van der Waals surface area contributed by atoms with Crippen molar-refractivity contribution in [3.05, 3.63) is 101 Å². The Bertz CT molecular complexity index is 1360. The Hall–Kier alpha value is -4.50. The highest BCUT2D eigenvalue weighted by atomic mass is 16.5. The molecule has 0 radical (unpaired) electrons. The molecular weight excluding hydrogens is 426 g/mol. The lowest BCUT2D eigenvalue weighted by atomic mass is 10.0. The van der Waals surface area contributed by atoms with E-state index in [2.05, 4.69) is 22.7 Å². The lowest BCUT2D eigenvalue weighted by molar-refractivity contribution is 0.306. The van der Waals surface area contributed by atoms with Gasteiger partial charge < -0.3 is 19.6 Å². The average molecular weight is 452 g/mol. The third kappa shape index (κ3) is 5.28. The molecule has 0 unspecified atom stereocenters. The molecule has 6 heteroatoms. The van der Waals surface area contributed by atoms with Crippen LogP contribution in [0, 0.1) is 11.3 Å². The van der Waals surface area contributed by atoms with E-state index >= 15 is 0 Å². The molecule has 0 aliphatic carbocycles. The smallest absolute Gasteiger partial charge is 0.161 e. The zero-order valence-corrected chi connectivity index (χ0v) is 19.1. The molecule has 0 aliphatic heterocycles. The van der Waals surface area contributed by atoms with Crippen LogP contribution >= 0.6 is 0 Å². The number of methoxy groups -OCH3 is 2. The van der Waals surface area contributed by atoms with Crippen LogP contribution in [0.4, 0.5) is 0 Å². The molecule has 0 fully saturated rings. The van der Waals surface area contributed by atoms with Crippen molar-refractivity contribution in [2.24, 2.45) is 5.10 Å². The van der Waals surface area contributed by atoms with E-state index in [0.717, 1.165) is 33.2 Å². The fourth-order valence-electron chi connectivity index (χ4n) is 3.66. The fraction of sp³-hybridized carbons (Fsp3) is 0.143. The van der Waals surface area contributed by atoms with E-state index in [9.17, 15) is 0 Å². The lowest BCUT2D eigenvalue weighted by Crippen LogP contribution is -2.07. The van der Waals surface area contributed by atoms with Crippen LogP contribution in [0.3, 0.4) is 0 Å². The van der Waals surface area contributed by atoms with Gasteiger partial charge in [0.1, 0.15) is 12.4 Å². The summed E-state index contributed by atoms with van der Waals surface area (Å²) >= 11 is 0. The van der Waals surface area contributed by atoms with E-state index in [-0.39, 0.29) is 0 Å². The van der Waals surface area contributed by atoms with Crippen LogP contribution in [0.5, 0.6) is 17.2 Å². The van der Waals surface area contributed by atoms with E-state index in [0.29, 0.717) is 30.2 Å². The molecular formula is C28H25N3O3. The van der Waals surface area contributed by atoms with E-state index in [1.807, 2.05) is 66.7 Å². The van der Waals surface area contributed by atoms with E-state index in [1.165, 1.54) is 0 Å². The third-order valence-corrected chi connectivity index (χ3v) is 5.40. The number of rotatable bonds is 9. The van der Waals surface area contributed by atoms with Gasteiger partial charge in [-0.05, 0) is 52.2 Å². The minimum atomic E-state index is 0.355. The number of hydrogen-bond acceptors (Lipinski definition) is 6. The van der Waals surface area contributed by atoms with Crippen LogP contribution in [0.1, 0.15) is 22.3 Å². The van der Waals surface area contributed by atoms with Gasteiger partial charge in [0.2, 0.25) is 0 Å². The maximum Gasteiger partial charge on any atom is 0.161 e. The number of nitrogens with zero attached hydrogens (tertiary/aromatic N) is 2. The molecule has 0 heterocycles. The zero-order chi connectivity index (χ0) is 23.8. The number of benzene rings is 4. The summed E-state index contributed by atoms with van der Waals surface area (Å²) in [7, 11) is 3.23. The maximum atomic E-state index is 9.14. The van der Waals surface area contributed by atoms with Crippen molar-refractivity contribution in [1.29, 1.82) is 5.26 Å². The number of hydrazone groups is 1. The van der Waals surface area contributed by atoms with Gasteiger partial charge in [-0.3, -0.25) is 0 Å². The van der Waals surface area contributed by atoms with Crippen LogP contribution in [-0.2, 0) is 13.2 Å². The topological polar surface area (TPSA) is 75.9 Å². The van der Waals surface area contributed by atoms with Gasteiger partial charge in [0, 0.05) is 5.56 Å². The summed E-state index contributed by atoms with van der Waals surface area (Å²) in [6.07, 6.45) is 1.78. The fourth-order valence-corrected chi connectivity index (χ4v) is 3.66. The molecule has 0 saturated carbocycles. The van der Waals surface area contributed by atoms with Crippen LogP contribution in [0.15, 0.2) is 84.0 Å². The van der Waals surface area contributed by atoms with Gasteiger partial charge in [0.15, 0.2) is 11.5 Å². The highest BCUT2D eigenvalue weighted by molar-refractivity contribution is 6.02. The van der Waals surface area contributed by atoms with Crippen LogP contribution in [0.25, 0.3) is 10.8 Å². The van der Waals surface area contributed by atoms with Crippen LogP contribution in [0.2, 0.25) is 0 Å². The first-order chi connectivity index (χ1) is 16.7. The molecule has 170 valence electrons. The summed E-state index contributed by atoms with van der Waals surface area (Å²) in [6, 6.07) is 27.4. The maximum absolute atomic E-state index is 9.14. The van der Waals surface area contributed by atoms with E-state index in [4.69, 9.17) is 19.5 Å². The molecule has 4 aromatic rings. The largest absolute Gasteiger partial charge is 0.493 e. The van der Waals surface area contributed by atoms with Crippen molar-refractivity contribution in [2.75, 3.05) is 14.2 Å². The first-order valence-corrected chi connectivity index (χ1v) is 10.8. The molecule has 6 nitrogen and oxygen atoms in total. The lowest BCUT2D eigenvalue weighted by Gasteiger charge is -2.12. The first kappa shape index (κ1) is 22.7. The van der Waals surface area contributed by atoms with Gasteiger partial charge in [-0.1, -0.05) is 48.5 Å². The quantitative estimate of drug-likeness (QED) is 0.271. The predicted molar refractivity (Wildman–Crippen MR) is 133 cm³/mol. The monoisotopic (exact) mass is 451 g/mol. The molecule has 34 heavy (non-hydrogen) atoms. The summed E-state index contributed by atoms with van der Waals surface area (Å²) in [4.78, 5) is 0. The Morgan fingerprint density at radius 1 is 0.853 bits per heavy atom. The molecule has 0 aromatic heterocycles. The second-order valence-electron chi connectivity index (χ2n) is 7.58. The number of nitriles is 1. The van der Waals surface area contributed by atoms with Crippen LogP contribution in [-0.4, -0.2) is 20.4 Å². The zero-order valence-electron chi connectivity index (χ0n) is 19.1. The van der Waals surface area contributed by atoms with Gasteiger partial charge in [-0.25, -0.2) is 0 Å². The molecule has 4 rings (SSSR count). The van der Waals surface area contributed by atoms with Crippen molar-refractivity contribution < 1.29 is 14.2 Å². The summed E-state index contributed by atoms with van der Waals surface area (Å²) in [6.45, 7) is 0.881. The third-order valence-electron chi connectivity index (χ3n) is 5.40. The molecule has 0 saturated heterocycles. The highest BCUT2D eigenvalue weighted by Gasteiger charge is 2.08. The van der Waals surface area contributed by atoms with Crippen molar-refractivity contribution in [3.63, 3.8) is 0 Å². The second kappa shape index (κ2) is 10.9. The Morgan fingerprint density at radius 2 is 1.68 bits per heavy atom. The molecule has 4 aromatic carbocycles. The summed E-state index contributed by atoms with van der Waals surface area (Å²) in [5.41, 5.74) is 6.54. The Balaban J connectivity index is 1.53. The SMILES string of the molecule is COc1ccc(CN/N=C\c2c(OCc3cccc(C#N)c3)ccc3ccccc23)cc1OC. The summed E-state index contributed by atoms with van der Waals surface area (Å²) in [5, 5.41) is 15.7. The van der Waals surface area contributed by atoms with Gasteiger partial charge in [-0.15, -0.1) is 0 Å². The van der Waals surface area contributed by atoms with Crippen molar-refractivity contribution in [1.82, 2.24) is 5.43 Å². The molecule has 0 bridgehead atoms. The van der Waals surface area contributed by atoms with Gasteiger partial charge in [0.25, 0.3) is 0 Å². The number of nitrogens with one attached hydrogen (secondary N) is 1. The summed E-state index contributed by atoms with van der Waals surface area (Å²) < 4.78 is 16.8. The molecule has 1 N–H and O–H groups in total.